The van der Waals surface area contributed by atoms with Crippen LogP contribution >= 0.6 is 0 Å². The molecule has 0 aliphatic carbocycles. The van der Waals surface area contributed by atoms with Gasteiger partial charge < -0.3 is 0 Å². The molecule has 0 unspecified atom stereocenters. The molecule has 0 spiro atoms. The van der Waals surface area contributed by atoms with Gasteiger partial charge in [0.25, 0.3) is 0 Å². The lowest BCUT2D eigenvalue weighted by Gasteiger charge is -2.03. The first kappa shape index (κ1) is 26.2. The minimum absolute atomic E-state index is 0.903. The Bertz CT molecular complexity index is 172. The molecule has 0 atom stereocenters. The maximum Gasteiger partial charge on any atom is -0.0471 e. The number of rotatable bonds is 17. The monoisotopic (exact) mass is 340 g/mol. The molecule has 0 bridgehead atoms. The summed E-state index contributed by atoms with van der Waals surface area (Å²) >= 11 is 0. The Hall–Kier alpha value is 0. The summed E-state index contributed by atoms with van der Waals surface area (Å²) in [6, 6.07) is 0. The van der Waals surface area contributed by atoms with E-state index in [9.17, 15) is 0 Å². The van der Waals surface area contributed by atoms with Crippen molar-refractivity contribution in [3.05, 3.63) is 0 Å². The average molecular weight is 341 g/mol. The van der Waals surface area contributed by atoms with Crippen LogP contribution < -0.4 is 0 Å². The fraction of sp³-hybridized carbons (Fsp3) is 1.00. The normalized spacial score (nSPS) is 10.8. The molecular weight excluding hydrogens is 288 g/mol. The summed E-state index contributed by atoms with van der Waals surface area (Å²) in [5.41, 5.74) is 0. The molecular formula is C24H52. The summed E-state index contributed by atoms with van der Waals surface area (Å²) in [5, 5.41) is 0. The van der Waals surface area contributed by atoms with Crippen LogP contribution in [0.25, 0.3) is 0 Å². The highest BCUT2D eigenvalue weighted by molar-refractivity contribution is 4.48. The van der Waals surface area contributed by atoms with Crippen molar-refractivity contribution in [2.45, 2.75) is 150 Å². The zero-order valence-corrected chi connectivity index (χ0v) is 18.3. The van der Waals surface area contributed by atoms with Crippen LogP contribution in [0, 0.1) is 5.92 Å². The fourth-order valence-corrected chi connectivity index (χ4v) is 3.07. The van der Waals surface area contributed by atoms with Crippen LogP contribution in [-0.2, 0) is 0 Å². The third-order valence-electron chi connectivity index (χ3n) is 4.84. The SMILES string of the molecule is CCCCCCCCCC(C)C.CCCCCCCCCCCC. The van der Waals surface area contributed by atoms with Gasteiger partial charge in [-0.25, -0.2) is 0 Å². The summed E-state index contributed by atoms with van der Waals surface area (Å²) < 4.78 is 0. The molecule has 0 saturated heterocycles. The third-order valence-corrected chi connectivity index (χ3v) is 4.84. The second kappa shape index (κ2) is 25.2. The zero-order valence-electron chi connectivity index (χ0n) is 18.3. The van der Waals surface area contributed by atoms with Crippen LogP contribution in [0.3, 0.4) is 0 Å². The molecule has 0 radical (unpaired) electrons. The molecule has 0 aliphatic heterocycles. The highest BCUT2D eigenvalue weighted by Crippen LogP contribution is 2.12. The number of hydrogen-bond acceptors (Lipinski definition) is 0. The van der Waals surface area contributed by atoms with Crippen LogP contribution in [0.15, 0.2) is 0 Å². The van der Waals surface area contributed by atoms with Crippen LogP contribution in [0.4, 0.5) is 0 Å². The quantitative estimate of drug-likeness (QED) is 0.231. The van der Waals surface area contributed by atoms with Gasteiger partial charge in [0, 0.05) is 0 Å². The second-order valence-corrected chi connectivity index (χ2v) is 8.13. The molecule has 0 fully saturated rings. The van der Waals surface area contributed by atoms with Gasteiger partial charge >= 0.3 is 0 Å². The Morgan fingerprint density at radius 3 is 0.875 bits per heavy atom. The largest absolute Gasteiger partial charge is 0.0654 e. The predicted molar refractivity (Wildman–Crippen MR) is 115 cm³/mol. The van der Waals surface area contributed by atoms with Crippen molar-refractivity contribution in [2.75, 3.05) is 0 Å². The summed E-state index contributed by atoms with van der Waals surface area (Å²) in [5.74, 6) is 0.903. The van der Waals surface area contributed by atoms with Crippen molar-refractivity contribution >= 4 is 0 Å². The van der Waals surface area contributed by atoms with E-state index >= 15 is 0 Å². The van der Waals surface area contributed by atoms with Crippen molar-refractivity contribution in [3.8, 4) is 0 Å². The molecule has 0 heterocycles. The van der Waals surface area contributed by atoms with Gasteiger partial charge in [0.1, 0.15) is 0 Å². The minimum atomic E-state index is 0.903. The van der Waals surface area contributed by atoms with Gasteiger partial charge in [-0.2, -0.15) is 0 Å². The van der Waals surface area contributed by atoms with E-state index < -0.39 is 0 Å². The Labute approximate surface area is 156 Å². The lowest BCUT2D eigenvalue weighted by molar-refractivity contribution is 0.511. The number of hydrogen-bond donors (Lipinski definition) is 0. The molecule has 0 amide bonds. The minimum Gasteiger partial charge on any atom is -0.0654 e. The predicted octanol–water partition coefficient (Wildman–Crippen LogP) is 9.71. The fourth-order valence-electron chi connectivity index (χ4n) is 3.07. The molecule has 0 saturated carbocycles. The number of unbranched alkanes of at least 4 members (excludes halogenated alkanes) is 15. The Morgan fingerprint density at radius 2 is 0.625 bits per heavy atom. The summed E-state index contributed by atoms with van der Waals surface area (Å²) in [6.07, 6.45) is 26.0. The van der Waals surface area contributed by atoms with E-state index in [1.165, 1.54) is 116 Å². The summed E-state index contributed by atoms with van der Waals surface area (Å²) in [7, 11) is 0. The van der Waals surface area contributed by atoms with E-state index in [1.807, 2.05) is 0 Å². The van der Waals surface area contributed by atoms with E-state index in [4.69, 9.17) is 0 Å². The van der Waals surface area contributed by atoms with Gasteiger partial charge in [-0.05, 0) is 5.92 Å². The van der Waals surface area contributed by atoms with Gasteiger partial charge in [-0.1, -0.05) is 150 Å². The Morgan fingerprint density at radius 1 is 0.375 bits per heavy atom. The van der Waals surface area contributed by atoms with Crippen molar-refractivity contribution in [3.63, 3.8) is 0 Å². The summed E-state index contributed by atoms with van der Waals surface area (Å²) in [4.78, 5) is 0. The first-order valence-corrected chi connectivity index (χ1v) is 11.7. The third kappa shape index (κ3) is 29.9. The van der Waals surface area contributed by atoms with Crippen molar-refractivity contribution in [1.29, 1.82) is 0 Å². The Kier molecular flexibility index (Phi) is 27.6. The van der Waals surface area contributed by atoms with E-state index in [1.54, 1.807) is 0 Å². The van der Waals surface area contributed by atoms with Crippen LogP contribution in [0.1, 0.15) is 150 Å². The molecule has 0 rings (SSSR count). The molecule has 0 aromatic rings. The summed E-state index contributed by atoms with van der Waals surface area (Å²) in [6.45, 7) is 11.5. The molecule has 0 nitrogen and oxygen atoms in total. The average Bonchev–Trinajstić information content (AvgIpc) is 2.57. The van der Waals surface area contributed by atoms with Gasteiger partial charge in [-0.3, -0.25) is 0 Å². The van der Waals surface area contributed by atoms with Crippen LogP contribution in [-0.4, -0.2) is 0 Å². The maximum atomic E-state index is 2.32. The molecule has 0 aromatic heterocycles. The lowest BCUT2D eigenvalue weighted by Crippen LogP contribution is -1.87. The van der Waals surface area contributed by atoms with Crippen molar-refractivity contribution in [2.24, 2.45) is 5.92 Å². The molecule has 0 aliphatic rings. The topological polar surface area (TPSA) is 0 Å². The highest BCUT2D eigenvalue weighted by Gasteiger charge is 1.94. The first-order valence-electron chi connectivity index (χ1n) is 11.7. The van der Waals surface area contributed by atoms with Crippen molar-refractivity contribution < 1.29 is 0 Å². The van der Waals surface area contributed by atoms with E-state index in [0.29, 0.717) is 0 Å². The molecule has 0 N–H and O–H groups in total. The first-order chi connectivity index (χ1) is 11.7. The van der Waals surface area contributed by atoms with Gasteiger partial charge in [0.2, 0.25) is 0 Å². The molecule has 0 heteroatoms. The van der Waals surface area contributed by atoms with Gasteiger partial charge in [-0.15, -0.1) is 0 Å². The Balaban J connectivity index is 0. The molecule has 0 aromatic carbocycles. The lowest BCUT2D eigenvalue weighted by atomic mass is 10.0. The van der Waals surface area contributed by atoms with Crippen LogP contribution in [0.2, 0.25) is 0 Å². The zero-order chi connectivity index (χ0) is 18.3. The maximum absolute atomic E-state index is 2.32. The van der Waals surface area contributed by atoms with E-state index in [-0.39, 0.29) is 0 Å². The van der Waals surface area contributed by atoms with Gasteiger partial charge in [0.05, 0.1) is 0 Å². The smallest absolute Gasteiger partial charge is 0.0471 e. The second-order valence-electron chi connectivity index (χ2n) is 8.13. The van der Waals surface area contributed by atoms with Crippen LogP contribution in [0.5, 0.6) is 0 Å². The van der Waals surface area contributed by atoms with E-state index in [0.717, 1.165) is 5.92 Å². The molecule has 24 heavy (non-hydrogen) atoms. The highest BCUT2D eigenvalue weighted by atomic mass is 14.0. The standard InChI is InChI=1S/2C12H26/c1-4-5-6-7-8-9-10-11-12(2)3;1-3-5-7-9-11-12-10-8-6-4-2/h12H,4-11H2,1-3H3;3-12H2,1-2H3. The van der Waals surface area contributed by atoms with Gasteiger partial charge in [0.15, 0.2) is 0 Å². The van der Waals surface area contributed by atoms with E-state index in [2.05, 4.69) is 34.6 Å². The van der Waals surface area contributed by atoms with Crippen molar-refractivity contribution in [1.82, 2.24) is 0 Å². The molecule has 148 valence electrons.